The molecular formula is C19H25NO3S. The summed E-state index contributed by atoms with van der Waals surface area (Å²) in [5.41, 5.74) is 0.238. The van der Waals surface area contributed by atoms with Gasteiger partial charge >= 0.3 is 5.63 Å². The van der Waals surface area contributed by atoms with Crippen LogP contribution in [0.25, 0.3) is 0 Å². The van der Waals surface area contributed by atoms with Crippen LogP contribution in [0, 0.1) is 12.8 Å². The first kappa shape index (κ1) is 18.5. The second-order valence-electron chi connectivity index (χ2n) is 6.65. The first-order valence-electron chi connectivity index (χ1n) is 8.33. The lowest BCUT2D eigenvalue weighted by Crippen LogP contribution is -2.37. The maximum absolute atomic E-state index is 12.4. The quantitative estimate of drug-likeness (QED) is 0.825. The minimum Gasteiger partial charge on any atom is -0.427 e. The van der Waals surface area contributed by atoms with Gasteiger partial charge in [-0.15, -0.1) is 11.3 Å². The molecule has 5 heteroatoms. The zero-order valence-electron chi connectivity index (χ0n) is 14.7. The van der Waals surface area contributed by atoms with E-state index in [2.05, 4.69) is 19.2 Å². The monoisotopic (exact) mass is 347 g/mol. The molecule has 0 aliphatic rings. The average molecular weight is 347 g/mol. The van der Waals surface area contributed by atoms with E-state index in [1.807, 2.05) is 30.5 Å². The van der Waals surface area contributed by atoms with E-state index < -0.39 is 5.63 Å². The average Bonchev–Trinajstić information content (AvgIpc) is 2.96. The van der Waals surface area contributed by atoms with Crippen molar-refractivity contribution in [1.82, 2.24) is 5.32 Å². The van der Waals surface area contributed by atoms with Crippen LogP contribution in [0.5, 0.6) is 0 Å². The molecule has 2 rings (SSSR count). The summed E-state index contributed by atoms with van der Waals surface area (Å²) in [5, 5.41) is 4.91. The van der Waals surface area contributed by atoms with E-state index in [1.165, 1.54) is 4.88 Å². The van der Waals surface area contributed by atoms with Gasteiger partial charge in [-0.05, 0) is 49.3 Å². The van der Waals surface area contributed by atoms with E-state index in [-0.39, 0.29) is 17.5 Å². The van der Waals surface area contributed by atoms with Crippen LogP contribution in [0.3, 0.4) is 0 Å². The van der Waals surface area contributed by atoms with Crippen LogP contribution in [0.4, 0.5) is 0 Å². The van der Waals surface area contributed by atoms with E-state index in [4.69, 9.17) is 4.42 Å². The molecule has 1 atom stereocenters. The number of thiophene rings is 1. The van der Waals surface area contributed by atoms with E-state index in [1.54, 1.807) is 18.3 Å². The predicted molar refractivity (Wildman–Crippen MR) is 97.8 cm³/mol. The van der Waals surface area contributed by atoms with Crippen LogP contribution in [0.1, 0.15) is 53.8 Å². The molecule has 0 unspecified atom stereocenters. The van der Waals surface area contributed by atoms with E-state index in [0.717, 1.165) is 12.8 Å². The fraction of sp³-hybridized carbons (Fsp3) is 0.474. The topological polar surface area (TPSA) is 59.3 Å². The first-order chi connectivity index (χ1) is 11.4. The van der Waals surface area contributed by atoms with E-state index >= 15 is 0 Å². The van der Waals surface area contributed by atoms with Crippen LogP contribution in [-0.2, 0) is 12.8 Å². The number of carbonyl (C=O) groups excluding carboxylic acids is 1. The third-order valence-corrected chi connectivity index (χ3v) is 4.76. The smallest absolute Gasteiger partial charge is 0.349 e. The van der Waals surface area contributed by atoms with Crippen molar-refractivity contribution in [2.45, 2.75) is 53.0 Å². The number of hydrogen-bond acceptors (Lipinski definition) is 4. The zero-order valence-corrected chi connectivity index (χ0v) is 15.5. The van der Waals surface area contributed by atoms with Crippen molar-refractivity contribution >= 4 is 17.2 Å². The number of hydrogen-bond donors (Lipinski definition) is 1. The molecule has 24 heavy (non-hydrogen) atoms. The Labute approximate surface area is 146 Å². The lowest BCUT2D eigenvalue weighted by molar-refractivity contribution is 0.0935. The highest BCUT2D eigenvalue weighted by Crippen LogP contribution is 2.13. The summed E-state index contributed by atoms with van der Waals surface area (Å²) in [6.07, 6.45) is 2.41. The third kappa shape index (κ3) is 5.06. The van der Waals surface area contributed by atoms with Gasteiger partial charge in [0.1, 0.15) is 11.3 Å². The summed E-state index contributed by atoms with van der Waals surface area (Å²) in [6, 6.07) is 5.79. The standard InChI is InChI=1S/C19H25NO3S/c1-12(2)7-8-15-10-13(3)17(19(22)23-15)18(21)20-14(4)11-16-6-5-9-24-16/h5-6,9-10,12,14H,7-8,11H2,1-4H3,(H,20,21)/t14-/m1/s1. The highest BCUT2D eigenvalue weighted by molar-refractivity contribution is 7.09. The highest BCUT2D eigenvalue weighted by atomic mass is 32.1. The van der Waals surface area contributed by atoms with Crippen molar-refractivity contribution in [3.05, 3.63) is 55.8 Å². The Hall–Kier alpha value is -1.88. The summed E-state index contributed by atoms with van der Waals surface area (Å²) in [6.45, 7) is 7.98. The molecule has 0 fully saturated rings. The molecule has 0 spiro atoms. The molecule has 0 bridgehead atoms. The summed E-state index contributed by atoms with van der Waals surface area (Å²) in [5.74, 6) is 0.826. The second-order valence-corrected chi connectivity index (χ2v) is 7.68. The van der Waals surface area contributed by atoms with Gasteiger partial charge in [0.25, 0.3) is 5.91 Å². The molecule has 0 saturated carbocycles. The molecular weight excluding hydrogens is 322 g/mol. The fourth-order valence-corrected chi connectivity index (χ4v) is 3.41. The number of aryl methyl sites for hydroxylation is 2. The maximum atomic E-state index is 12.4. The number of rotatable bonds is 7. The van der Waals surface area contributed by atoms with Gasteiger partial charge in [-0.3, -0.25) is 4.79 Å². The largest absolute Gasteiger partial charge is 0.427 e. The molecule has 1 N–H and O–H groups in total. The molecule has 2 heterocycles. The predicted octanol–water partition coefficient (Wildman–Crippen LogP) is 3.96. The van der Waals surface area contributed by atoms with Crippen molar-refractivity contribution < 1.29 is 9.21 Å². The summed E-state index contributed by atoms with van der Waals surface area (Å²) >= 11 is 1.66. The number of amides is 1. The molecule has 0 saturated heterocycles. The zero-order chi connectivity index (χ0) is 17.7. The van der Waals surface area contributed by atoms with Crippen molar-refractivity contribution in [2.75, 3.05) is 0 Å². The maximum Gasteiger partial charge on any atom is 0.349 e. The Morgan fingerprint density at radius 2 is 2.08 bits per heavy atom. The van der Waals surface area contributed by atoms with Crippen LogP contribution < -0.4 is 10.9 Å². The van der Waals surface area contributed by atoms with Gasteiger partial charge in [-0.2, -0.15) is 0 Å². The van der Waals surface area contributed by atoms with Crippen LogP contribution in [0.15, 0.2) is 32.8 Å². The number of carbonyl (C=O) groups is 1. The van der Waals surface area contributed by atoms with Crippen molar-refractivity contribution in [3.8, 4) is 0 Å². The van der Waals surface area contributed by atoms with Crippen molar-refractivity contribution in [1.29, 1.82) is 0 Å². The third-order valence-electron chi connectivity index (χ3n) is 3.86. The molecule has 0 aliphatic carbocycles. The lowest BCUT2D eigenvalue weighted by Gasteiger charge is -2.14. The van der Waals surface area contributed by atoms with Crippen LogP contribution in [-0.4, -0.2) is 11.9 Å². The molecule has 2 aromatic rings. The molecule has 0 radical (unpaired) electrons. The Bertz CT molecular complexity index is 732. The van der Waals surface area contributed by atoms with Gasteiger partial charge in [-0.1, -0.05) is 19.9 Å². The Morgan fingerprint density at radius 3 is 2.67 bits per heavy atom. The SMILES string of the molecule is Cc1cc(CCC(C)C)oc(=O)c1C(=O)N[C@H](C)Cc1cccs1. The molecule has 0 aromatic carbocycles. The summed E-state index contributed by atoms with van der Waals surface area (Å²) in [4.78, 5) is 25.9. The Morgan fingerprint density at radius 1 is 1.33 bits per heavy atom. The Kier molecular flexibility index (Phi) is 6.37. The van der Waals surface area contributed by atoms with Gasteiger partial charge < -0.3 is 9.73 Å². The molecule has 2 aromatic heterocycles. The van der Waals surface area contributed by atoms with Gasteiger partial charge in [0.2, 0.25) is 0 Å². The minimum atomic E-state index is -0.547. The van der Waals surface area contributed by atoms with E-state index in [0.29, 0.717) is 23.7 Å². The molecule has 0 aliphatic heterocycles. The molecule has 1 amide bonds. The minimum absolute atomic E-state index is 0.0458. The molecule has 4 nitrogen and oxygen atoms in total. The number of nitrogens with one attached hydrogen (secondary N) is 1. The lowest BCUT2D eigenvalue weighted by atomic mass is 10.0. The normalized spacial score (nSPS) is 12.4. The van der Waals surface area contributed by atoms with Gasteiger partial charge in [-0.25, -0.2) is 4.79 Å². The van der Waals surface area contributed by atoms with Crippen molar-refractivity contribution in [2.24, 2.45) is 5.92 Å². The van der Waals surface area contributed by atoms with Gasteiger partial charge in [0, 0.05) is 23.8 Å². The summed E-state index contributed by atoms with van der Waals surface area (Å²) in [7, 11) is 0. The van der Waals surface area contributed by atoms with Crippen LogP contribution in [0.2, 0.25) is 0 Å². The van der Waals surface area contributed by atoms with Crippen molar-refractivity contribution in [3.63, 3.8) is 0 Å². The fourth-order valence-electron chi connectivity index (χ4n) is 2.58. The van der Waals surface area contributed by atoms with Gasteiger partial charge in [0.05, 0.1) is 0 Å². The van der Waals surface area contributed by atoms with E-state index in [9.17, 15) is 9.59 Å². The first-order valence-corrected chi connectivity index (χ1v) is 9.21. The van der Waals surface area contributed by atoms with Crippen LogP contribution >= 0.6 is 11.3 Å². The second kappa shape index (κ2) is 8.29. The summed E-state index contributed by atoms with van der Waals surface area (Å²) < 4.78 is 5.33. The van der Waals surface area contributed by atoms with Gasteiger partial charge in [0.15, 0.2) is 0 Å². The Balaban J connectivity index is 2.07. The molecule has 130 valence electrons. The highest BCUT2D eigenvalue weighted by Gasteiger charge is 2.19.